The van der Waals surface area contributed by atoms with Crippen molar-refractivity contribution in [2.75, 3.05) is 19.6 Å². The summed E-state index contributed by atoms with van der Waals surface area (Å²) in [6.45, 7) is 19.9. The van der Waals surface area contributed by atoms with Crippen molar-refractivity contribution in [2.24, 2.45) is 16.7 Å². The predicted molar refractivity (Wildman–Crippen MR) is 168 cm³/mol. The van der Waals surface area contributed by atoms with E-state index in [1.54, 1.807) is 11.8 Å². The van der Waals surface area contributed by atoms with Gasteiger partial charge in [0.1, 0.15) is 5.54 Å². The van der Waals surface area contributed by atoms with Gasteiger partial charge in [-0.3, -0.25) is 14.5 Å². The van der Waals surface area contributed by atoms with Gasteiger partial charge in [0.2, 0.25) is 11.8 Å². The summed E-state index contributed by atoms with van der Waals surface area (Å²) in [4.78, 5) is 47.5. The van der Waals surface area contributed by atoms with Crippen molar-refractivity contribution in [1.82, 2.24) is 14.7 Å². The third-order valence-corrected chi connectivity index (χ3v) is 10.5. The van der Waals surface area contributed by atoms with Gasteiger partial charge in [-0.2, -0.15) is 0 Å². The van der Waals surface area contributed by atoms with Crippen LogP contribution in [-0.2, 0) is 14.4 Å². The monoisotopic (exact) mass is 601 g/mol. The van der Waals surface area contributed by atoms with E-state index in [0.29, 0.717) is 18.1 Å². The maximum Gasteiger partial charge on any atom is 0.329 e. The SMILES string of the molecule is CC1(C)CCC(N(C(=O)C(C)(C)C)[C@@H]2CN(C(=O)[C@@H]3CN(C(C)(C)C)C[C@H]3c3ccc(Cl)cc3)[C@](C)(C(=O)O)C2)CC1. The molecule has 3 fully saturated rings. The summed E-state index contributed by atoms with van der Waals surface area (Å²) in [6.07, 6.45) is 4.06. The summed E-state index contributed by atoms with van der Waals surface area (Å²) in [5, 5.41) is 11.2. The van der Waals surface area contributed by atoms with E-state index in [1.165, 1.54) is 0 Å². The van der Waals surface area contributed by atoms with Gasteiger partial charge < -0.3 is 14.9 Å². The smallest absolute Gasteiger partial charge is 0.329 e. The number of hydrogen-bond donors (Lipinski definition) is 1. The lowest BCUT2D eigenvalue weighted by Crippen LogP contribution is -2.54. The summed E-state index contributed by atoms with van der Waals surface area (Å²) in [6, 6.07) is 7.38. The van der Waals surface area contributed by atoms with E-state index < -0.39 is 22.8 Å². The summed E-state index contributed by atoms with van der Waals surface area (Å²) < 4.78 is 0. The third kappa shape index (κ3) is 6.52. The number of halogens is 1. The van der Waals surface area contributed by atoms with Crippen molar-refractivity contribution in [1.29, 1.82) is 0 Å². The highest BCUT2D eigenvalue weighted by molar-refractivity contribution is 6.30. The van der Waals surface area contributed by atoms with Crippen molar-refractivity contribution in [2.45, 2.75) is 123 Å². The molecule has 4 atom stereocenters. The van der Waals surface area contributed by atoms with Crippen molar-refractivity contribution < 1.29 is 19.5 Å². The van der Waals surface area contributed by atoms with Gasteiger partial charge in [0, 0.05) is 54.0 Å². The second-order valence-corrected chi connectivity index (χ2v) is 16.5. The van der Waals surface area contributed by atoms with Crippen LogP contribution in [0.25, 0.3) is 0 Å². The first-order chi connectivity index (χ1) is 19.2. The summed E-state index contributed by atoms with van der Waals surface area (Å²) in [5.74, 6) is -1.59. The molecule has 0 aromatic heterocycles. The molecule has 2 amide bonds. The van der Waals surface area contributed by atoms with Gasteiger partial charge in [-0.15, -0.1) is 0 Å². The maximum absolute atomic E-state index is 14.6. The van der Waals surface area contributed by atoms with Crippen molar-refractivity contribution >= 4 is 29.4 Å². The number of benzene rings is 1. The van der Waals surface area contributed by atoms with Crippen molar-refractivity contribution in [3.05, 3.63) is 34.9 Å². The Morgan fingerprint density at radius 3 is 1.98 bits per heavy atom. The average molecular weight is 602 g/mol. The lowest BCUT2D eigenvalue weighted by atomic mass is 9.74. The Morgan fingerprint density at radius 1 is 0.905 bits per heavy atom. The van der Waals surface area contributed by atoms with Crippen LogP contribution in [0.1, 0.15) is 106 Å². The summed E-state index contributed by atoms with van der Waals surface area (Å²) in [5.41, 5.74) is -0.882. The molecular formula is C34H52ClN3O4. The molecule has 42 heavy (non-hydrogen) atoms. The lowest BCUT2D eigenvalue weighted by Gasteiger charge is -2.45. The Morgan fingerprint density at radius 2 is 1.48 bits per heavy atom. The van der Waals surface area contributed by atoms with Gasteiger partial charge in [-0.25, -0.2) is 4.79 Å². The molecule has 2 aliphatic heterocycles. The fraction of sp³-hybridized carbons (Fsp3) is 0.735. The van der Waals surface area contributed by atoms with Crippen LogP contribution in [0.4, 0.5) is 0 Å². The Hall–Kier alpha value is -2.12. The van der Waals surface area contributed by atoms with Crippen LogP contribution >= 0.6 is 11.6 Å². The molecule has 2 heterocycles. The number of carbonyl (C=O) groups is 3. The van der Waals surface area contributed by atoms with Crippen LogP contribution in [0, 0.1) is 16.7 Å². The largest absolute Gasteiger partial charge is 0.480 e. The molecule has 234 valence electrons. The van der Waals surface area contributed by atoms with E-state index in [2.05, 4.69) is 39.5 Å². The number of rotatable bonds is 5. The molecule has 0 unspecified atom stereocenters. The second kappa shape index (κ2) is 11.4. The molecule has 0 spiro atoms. The normalized spacial score (nSPS) is 29.1. The Kier molecular flexibility index (Phi) is 8.92. The lowest BCUT2D eigenvalue weighted by molar-refractivity contribution is -0.157. The average Bonchev–Trinajstić information content (AvgIpc) is 3.48. The molecule has 0 radical (unpaired) electrons. The van der Waals surface area contributed by atoms with E-state index in [1.807, 2.05) is 49.9 Å². The first-order valence-electron chi connectivity index (χ1n) is 15.6. The van der Waals surface area contributed by atoms with Crippen molar-refractivity contribution in [3.8, 4) is 0 Å². The van der Waals surface area contributed by atoms with Gasteiger partial charge in [-0.1, -0.05) is 58.4 Å². The molecule has 1 N–H and O–H groups in total. The molecule has 4 rings (SSSR count). The molecule has 8 heteroatoms. The zero-order valence-corrected chi connectivity index (χ0v) is 27.9. The number of likely N-dealkylation sites (tertiary alicyclic amines) is 2. The van der Waals surface area contributed by atoms with Gasteiger partial charge in [0.25, 0.3) is 0 Å². The Bertz CT molecular complexity index is 1170. The van der Waals surface area contributed by atoms with Gasteiger partial charge in [0.15, 0.2) is 0 Å². The fourth-order valence-electron chi connectivity index (χ4n) is 7.30. The van der Waals surface area contributed by atoms with E-state index in [-0.39, 0.29) is 53.7 Å². The topological polar surface area (TPSA) is 81.2 Å². The quantitative estimate of drug-likeness (QED) is 0.420. The number of hydrogen-bond acceptors (Lipinski definition) is 4. The Balaban J connectivity index is 1.69. The molecule has 1 aliphatic carbocycles. The van der Waals surface area contributed by atoms with E-state index in [4.69, 9.17) is 11.6 Å². The van der Waals surface area contributed by atoms with Crippen LogP contribution in [0.15, 0.2) is 24.3 Å². The standard InChI is InChI=1S/C34H52ClN3O4/c1-31(2,3)29(40)38(24-14-16-33(7,8)17-15-24)25-18-34(9,30(41)42)37(19-25)28(39)27-21-36(32(4,5)6)20-26(27)22-10-12-23(35)13-11-22/h10-13,24-27H,14-21H2,1-9H3,(H,41,42)/t25-,26-,27+,34-/m0/s1. The minimum absolute atomic E-state index is 0.0399. The fourth-order valence-corrected chi connectivity index (χ4v) is 7.42. The number of carbonyl (C=O) groups excluding carboxylic acids is 2. The van der Waals surface area contributed by atoms with E-state index in [0.717, 1.165) is 31.2 Å². The molecule has 7 nitrogen and oxygen atoms in total. The molecule has 0 bridgehead atoms. The first kappa shape index (κ1) is 32.8. The van der Waals surface area contributed by atoms with Crippen LogP contribution in [0.3, 0.4) is 0 Å². The van der Waals surface area contributed by atoms with Crippen LogP contribution < -0.4 is 0 Å². The number of nitrogens with zero attached hydrogens (tertiary/aromatic N) is 3. The highest BCUT2D eigenvalue weighted by atomic mass is 35.5. The molecule has 3 aliphatic rings. The van der Waals surface area contributed by atoms with Crippen LogP contribution in [-0.4, -0.2) is 80.4 Å². The third-order valence-electron chi connectivity index (χ3n) is 10.2. The minimum atomic E-state index is -1.40. The Labute approximate surface area is 257 Å². The minimum Gasteiger partial charge on any atom is -0.480 e. The first-order valence-corrected chi connectivity index (χ1v) is 16.0. The molecular weight excluding hydrogens is 550 g/mol. The van der Waals surface area contributed by atoms with E-state index in [9.17, 15) is 19.5 Å². The number of aliphatic carboxylic acids is 1. The summed E-state index contributed by atoms with van der Waals surface area (Å²) >= 11 is 6.19. The van der Waals surface area contributed by atoms with Crippen LogP contribution in [0.2, 0.25) is 5.02 Å². The highest BCUT2D eigenvalue weighted by Crippen LogP contribution is 2.44. The van der Waals surface area contributed by atoms with Gasteiger partial charge in [-0.05, 0) is 76.5 Å². The maximum atomic E-state index is 14.6. The van der Waals surface area contributed by atoms with Crippen LogP contribution in [0.5, 0.6) is 0 Å². The summed E-state index contributed by atoms with van der Waals surface area (Å²) in [7, 11) is 0. The predicted octanol–water partition coefficient (Wildman–Crippen LogP) is 6.44. The zero-order chi connectivity index (χ0) is 31.4. The number of carboxylic acid groups (broad SMARTS) is 1. The number of carboxylic acids is 1. The van der Waals surface area contributed by atoms with Gasteiger partial charge in [0.05, 0.1) is 12.0 Å². The van der Waals surface area contributed by atoms with Crippen molar-refractivity contribution in [3.63, 3.8) is 0 Å². The molecule has 1 aromatic rings. The van der Waals surface area contributed by atoms with E-state index >= 15 is 0 Å². The number of amides is 2. The molecule has 1 aromatic carbocycles. The second-order valence-electron chi connectivity index (χ2n) is 16.1. The van der Waals surface area contributed by atoms with Gasteiger partial charge >= 0.3 is 5.97 Å². The molecule has 1 saturated carbocycles. The highest BCUT2D eigenvalue weighted by Gasteiger charge is 2.56. The molecule has 2 saturated heterocycles. The zero-order valence-electron chi connectivity index (χ0n) is 27.2.